The summed E-state index contributed by atoms with van der Waals surface area (Å²) in [5.74, 6) is 1.93. The number of piperidine rings is 1. The summed E-state index contributed by atoms with van der Waals surface area (Å²) in [6.45, 7) is 1.13. The maximum Gasteiger partial charge on any atom is 0.0828 e. The summed E-state index contributed by atoms with van der Waals surface area (Å²) in [6.07, 6.45) is 11.4. The summed E-state index contributed by atoms with van der Waals surface area (Å²) >= 11 is 6.12. The van der Waals surface area contributed by atoms with Crippen LogP contribution in [0.4, 0.5) is 0 Å². The molecule has 1 saturated heterocycles. The fourth-order valence-corrected chi connectivity index (χ4v) is 3.41. The zero-order valence-electron chi connectivity index (χ0n) is 8.97. The summed E-state index contributed by atoms with van der Waals surface area (Å²) < 4.78 is 0. The Balaban J connectivity index is 1.72. The SMILES string of the molecule is ClC1CC(CC2CCCCC2)CCN1. The van der Waals surface area contributed by atoms with E-state index in [2.05, 4.69) is 5.32 Å². The molecule has 0 spiro atoms. The predicted molar refractivity (Wildman–Crippen MR) is 61.6 cm³/mol. The molecule has 1 nitrogen and oxygen atoms in total. The van der Waals surface area contributed by atoms with E-state index < -0.39 is 0 Å². The molecule has 0 bridgehead atoms. The molecule has 0 radical (unpaired) electrons. The molecular weight excluding hydrogens is 194 g/mol. The minimum absolute atomic E-state index is 0.248. The summed E-state index contributed by atoms with van der Waals surface area (Å²) in [5.41, 5.74) is 0.248. The molecule has 2 atom stereocenters. The molecule has 1 aliphatic heterocycles. The van der Waals surface area contributed by atoms with Gasteiger partial charge in [-0.1, -0.05) is 32.1 Å². The molecule has 2 unspecified atom stereocenters. The monoisotopic (exact) mass is 215 g/mol. The highest BCUT2D eigenvalue weighted by molar-refractivity contribution is 6.20. The molecule has 2 heteroatoms. The molecule has 1 N–H and O–H groups in total. The van der Waals surface area contributed by atoms with Crippen LogP contribution < -0.4 is 5.32 Å². The van der Waals surface area contributed by atoms with Crippen molar-refractivity contribution < 1.29 is 0 Å². The molecule has 82 valence electrons. The van der Waals surface area contributed by atoms with Gasteiger partial charge in [-0.05, 0) is 37.6 Å². The first-order valence-corrected chi connectivity index (χ1v) is 6.65. The van der Waals surface area contributed by atoms with Gasteiger partial charge in [0.2, 0.25) is 0 Å². The average molecular weight is 216 g/mol. The van der Waals surface area contributed by atoms with E-state index in [9.17, 15) is 0 Å². The second-order valence-electron chi connectivity index (χ2n) is 5.05. The first-order chi connectivity index (χ1) is 6.84. The third-order valence-corrected chi connectivity index (χ3v) is 4.18. The summed E-state index contributed by atoms with van der Waals surface area (Å²) in [6, 6.07) is 0. The van der Waals surface area contributed by atoms with Gasteiger partial charge in [0.05, 0.1) is 5.50 Å². The minimum Gasteiger partial charge on any atom is -0.301 e. The van der Waals surface area contributed by atoms with Crippen molar-refractivity contribution in [3.8, 4) is 0 Å². The van der Waals surface area contributed by atoms with E-state index >= 15 is 0 Å². The molecule has 1 heterocycles. The normalized spacial score (nSPS) is 35.8. The second-order valence-corrected chi connectivity index (χ2v) is 5.58. The molecule has 1 saturated carbocycles. The van der Waals surface area contributed by atoms with Gasteiger partial charge in [-0.25, -0.2) is 0 Å². The number of hydrogen-bond donors (Lipinski definition) is 1. The van der Waals surface area contributed by atoms with Crippen LogP contribution in [-0.2, 0) is 0 Å². The van der Waals surface area contributed by atoms with Crippen LogP contribution in [0, 0.1) is 11.8 Å². The van der Waals surface area contributed by atoms with Gasteiger partial charge < -0.3 is 5.32 Å². The maximum absolute atomic E-state index is 6.12. The molecule has 2 fully saturated rings. The number of hydrogen-bond acceptors (Lipinski definition) is 1. The van der Waals surface area contributed by atoms with E-state index in [-0.39, 0.29) is 5.50 Å². The topological polar surface area (TPSA) is 12.0 Å². The van der Waals surface area contributed by atoms with Crippen LogP contribution in [0.25, 0.3) is 0 Å². The van der Waals surface area contributed by atoms with Gasteiger partial charge in [0.15, 0.2) is 0 Å². The minimum atomic E-state index is 0.248. The van der Waals surface area contributed by atoms with Crippen LogP contribution in [0.3, 0.4) is 0 Å². The highest BCUT2D eigenvalue weighted by atomic mass is 35.5. The Morgan fingerprint density at radius 3 is 2.50 bits per heavy atom. The summed E-state index contributed by atoms with van der Waals surface area (Å²) in [7, 11) is 0. The van der Waals surface area contributed by atoms with E-state index in [1.165, 1.54) is 51.4 Å². The van der Waals surface area contributed by atoms with E-state index in [0.717, 1.165) is 18.4 Å². The smallest absolute Gasteiger partial charge is 0.0828 e. The molecule has 14 heavy (non-hydrogen) atoms. The van der Waals surface area contributed by atoms with Crippen molar-refractivity contribution in [2.45, 2.75) is 56.9 Å². The van der Waals surface area contributed by atoms with Crippen molar-refractivity contribution in [1.29, 1.82) is 0 Å². The summed E-state index contributed by atoms with van der Waals surface area (Å²) in [5, 5.41) is 3.31. The van der Waals surface area contributed by atoms with Gasteiger partial charge >= 0.3 is 0 Å². The van der Waals surface area contributed by atoms with E-state index in [4.69, 9.17) is 11.6 Å². The van der Waals surface area contributed by atoms with Crippen molar-refractivity contribution in [2.24, 2.45) is 11.8 Å². The van der Waals surface area contributed by atoms with Gasteiger partial charge in [0, 0.05) is 0 Å². The largest absolute Gasteiger partial charge is 0.301 e. The lowest BCUT2D eigenvalue weighted by Crippen LogP contribution is -2.34. The van der Waals surface area contributed by atoms with Crippen molar-refractivity contribution in [2.75, 3.05) is 6.54 Å². The Morgan fingerprint density at radius 2 is 1.79 bits per heavy atom. The molecule has 0 amide bonds. The molecule has 2 rings (SSSR count). The zero-order valence-corrected chi connectivity index (χ0v) is 9.73. The van der Waals surface area contributed by atoms with Gasteiger partial charge in [-0.3, -0.25) is 0 Å². The Hall–Kier alpha value is 0.250. The molecule has 2 aliphatic rings. The van der Waals surface area contributed by atoms with Crippen LogP contribution in [0.5, 0.6) is 0 Å². The molecule has 0 aromatic carbocycles. The average Bonchev–Trinajstić information content (AvgIpc) is 2.19. The number of rotatable bonds is 2. The summed E-state index contributed by atoms with van der Waals surface area (Å²) in [4.78, 5) is 0. The third-order valence-electron chi connectivity index (χ3n) is 3.85. The molecular formula is C12H22ClN. The highest BCUT2D eigenvalue weighted by Crippen LogP contribution is 2.33. The van der Waals surface area contributed by atoms with Crippen LogP contribution >= 0.6 is 11.6 Å². The number of halogens is 1. The van der Waals surface area contributed by atoms with Crippen LogP contribution in [0.15, 0.2) is 0 Å². The van der Waals surface area contributed by atoms with E-state index in [1.54, 1.807) is 0 Å². The lowest BCUT2D eigenvalue weighted by atomic mass is 9.80. The predicted octanol–water partition coefficient (Wildman–Crippen LogP) is 3.52. The van der Waals surface area contributed by atoms with E-state index in [0.29, 0.717) is 0 Å². The van der Waals surface area contributed by atoms with Gasteiger partial charge in [-0.15, -0.1) is 11.6 Å². The fourth-order valence-electron chi connectivity index (χ4n) is 3.05. The van der Waals surface area contributed by atoms with Crippen molar-refractivity contribution >= 4 is 11.6 Å². The van der Waals surface area contributed by atoms with E-state index in [1.807, 2.05) is 0 Å². The fraction of sp³-hybridized carbons (Fsp3) is 1.00. The Bertz CT molecular complexity index is 166. The lowest BCUT2D eigenvalue weighted by Gasteiger charge is -2.31. The third kappa shape index (κ3) is 3.13. The van der Waals surface area contributed by atoms with Crippen molar-refractivity contribution in [3.63, 3.8) is 0 Å². The first-order valence-electron chi connectivity index (χ1n) is 6.22. The molecule has 1 aliphatic carbocycles. The number of nitrogens with one attached hydrogen (secondary N) is 1. The van der Waals surface area contributed by atoms with Crippen LogP contribution in [0.2, 0.25) is 0 Å². The van der Waals surface area contributed by atoms with Crippen molar-refractivity contribution in [1.82, 2.24) is 5.32 Å². The molecule has 0 aromatic rings. The van der Waals surface area contributed by atoms with Gasteiger partial charge in [0.1, 0.15) is 0 Å². The van der Waals surface area contributed by atoms with Gasteiger partial charge in [-0.2, -0.15) is 0 Å². The second kappa shape index (κ2) is 5.37. The Kier molecular flexibility index (Phi) is 4.12. The highest BCUT2D eigenvalue weighted by Gasteiger charge is 2.23. The Labute approximate surface area is 92.6 Å². The lowest BCUT2D eigenvalue weighted by molar-refractivity contribution is 0.244. The quantitative estimate of drug-likeness (QED) is 0.549. The zero-order chi connectivity index (χ0) is 9.80. The first kappa shape index (κ1) is 10.8. The van der Waals surface area contributed by atoms with Crippen molar-refractivity contribution in [3.05, 3.63) is 0 Å². The Morgan fingerprint density at radius 1 is 1.00 bits per heavy atom. The van der Waals surface area contributed by atoms with Gasteiger partial charge in [0.25, 0.3) is 0 Å². The standard InChI is InChI=1S/C12H22ClN/c13-12-9-11(6-7-14-12)8-10-4-2-1-3-5-10/h10-12,14H,1-9H2. The van der Waals surface area contributed by atoms with Crippen LogP contribution in [0.1, 0.15) is 51.4 Å². The molecule has 0 aromatic heterocycles. The number of alkyl halides is 1. The van der Waals surface area contributed by atoms with Crippen LogP contribution in [-0.4, -0.2) is 12.0 Å². The maximum atomic E-state index is 6.12.